The molecule has 0 atom stereocenters. The largest absolute Gasteiger partial charge is 0.302 e. The highest BCUT2D eigenvalue weighted by atomic mass is 32.2. The Morgan fingerprint density at radius 3 is 2.71 bits per heavy atom. The van der Waals surface area contributed by atoms with Crippen LogP contribution in [0.2, 0.25) is 0 Å². The van der Waals surface area contributed by atoms with Crippen molar-refractivity contribution in [3.63, 3.8) is 0 Å². The molecule has 126 valence electrons. The van der Waals surface area contributed by atoms with Crippen molar-refractivity contribution in [1.29, 1.82) is 0 Å². The van der Waals surface area contributed by atoms with E-state index in [1.807, 2.05) is 12.1 Å². The number of thiazole rings is 1. The van der Waals surface area contributed by atoms with E-state index in [4.69, 9.17) is 0 Å². The van der Waals surface area contributed by atoms with Gasteiger partial charge in [-0.3, -0.25) is 4.98 Å². The molecule has 0 amide bonds. The van der Waals surface area contributed by atoms with Gasteiger partial charge in [-0.2, -0.15) is 0 Å². The van der Waals surface area contributed by atoms with Gasteiger partial charge in [0.1, 0.15) is 0 Å². The summed E-state index contributed by atoms with van der Waals surface area (Å²) in [5.74, 6) is 1.74. The maximum absolute atomic E-state index is 4.69. The smallest absolute Gasteiger partial charge is 0.191 e. The van der Waals surface area contributed by atoms with E-state index >= 15 is 0 Å². The van der Waals surface area contributed by atoms with Crippen LogP contribution in [-0.2, 0) is 18.7 Å². The quantitative estimate of drug-likeness (QED) is 0.556. The van der Waals surface area contributed by atoms with Gasteiger partial charge < -0.3 is 4.57 Å². The van der Waals surface area contributed by atoms with Crippen molar-refractivity contribution in [3.05, 3.63) is 40.6 Å². The van der Waals surface area contributed by atoms with E-state index in [-0.39, 0.29) is 0 Å². The summed E-state index contributed by atoms with van der Waals surface area (Å²) >= 11 is 3.46. The number of thioether (sulfide) groups is 1. The molecule has 0 saturated carbocycles. The molecule has 0 spiro atoms. The zero-order valence-corrected chi connectivity index (χ0v) is 15.6. The third-order valence-corrected chi connectivity index (χ3v) is 5.47. The molecule has 0 saturated heterocycles. The summed E-state index contributed by atoms with van der Waals surface area (Å²) in [6.07, 6.45) is 6.82. The average Bonchev–Trinajstić information content (AvgIpc) is 3.22. The monoisotopic (exact) mass is 359 g/mol. The van der Waals surface area contributed by atoms with Gasteiger partial charge in [0.15, 0.2) is 11.0 Å². The number of hydrogen-bond acceptors (Lipinski definition) is 6. The topological polar surface area (TPSA) is 56.5 Å². The molecule has 3 heterocycles. The number of pyridine rings is 1. The van der Waals surface area contributed by atoms with Crippen LogP contribution in [0, 0.1) is 0 Å². The number of hydrogen-bond donors (Lipinski definition) is 0. The Bertz CT molecular complexity index is 766. The molecular formula is C17H21N5S2. The molecular weight excluding hydrogens is 338 g/mol. The molecule has 0 aromatic carbocycles. The average molecular weight is 360 g/mol. The fourth-order valence-electron chi connectivity index (χ4n) is 2.42. The van der Waals surface area contributed by atoms with E-state index in [2.05, 4.69) is 44.0 Å². The minimum absolute atomic E-state index is 0.832. The summed E-state index contributed by atoms with van der Waals surface area (Å²) in [5, 5.41) is 13.1. The Labute approximate surface area is 150 Å². The van der Waals surface area contributed by atoms with Gasteiger partial charge in [0, 0.05) is 35.6 Å². The molecule has 3 rings (SSSR count). The van der Waals surface area contributed by atoms with Gasteiger partial charge in [-0.05, 0) is 31.4 Å². The van der Waals surface area contributed by atoms with Crippen LogP contribution in [0.3, 0.4) is 0 Å². The summed E-state index contributed by atoms with van der Waals surface area (Å²) in [6, 6.07) is 3.95. The molecule has 3 aromatic heterocycles. The van der Waals surface area contributed by atoms with Crippen molar-refractivity contribution in [2.75, 3.05) is 0 Å². The van der Waals surface area contributed by atoms with E-state index in [0.717, 1.165) is 53.8 Å². The third kappa shape index (κ3) is 4.02. The summed E-state index contributed by atoms with van der Waals surface area (Å²) in [4.78, 5) is 8.76. The van der Waals surface area contributed by atoms with Crippen molar-refractivity contribution in [2.45, 2.75) is 50.6 Å². The lowest BCUT2D eigenvalue weighted by atomic mass is 10.2. The molecule has 24 heavy (non-hydrogen) atoms. The minimum Gasteiger partial charge on any atom is -0.302 e. The Morgan fingerprint density at radius 2 is 1.96 bits per heavy atom. The molecule has 0 aliphatic carbocycles. The SMILES string of the molecule is CCCc1nc(CSc2nnc(-c3ccncc3)n2CCC)cs1. The van der Waals surface area contributed by atoms with Crippen LogP contribution in [0.25, 0.3) is 11.4 Å². The second-order valence-corrected chi connectivity index (χ2v) is 7.35. The van der Waals surface area contributed by atoms with E-state index < -0.39 is 0 Å². The predicted octanol–water partition coefficient (Wildman–Crippen LogP) is 4.45. The Morgan fingerprint density at radius 1 is 1.12 bits per heavy atom. The van der Waals surface area contributed by atoms with E-state index in [1.54, 1.807) is 35.5 Å². The van der Waals surface area contributed by atoms with E-state index in [1.165, 1.54) is 5.01 Å². The second kappa shape index (κ2) is 8.39. The molecule has 0 radical (unpaired) electrons. The van der Waals surface area contributed by atoms with Gasteiger partial charge in [-0.15, -0.1) is 21.5 Å². The van der Waals surface area contributed by atoms with Crippen LogP contribution in [0.4, 0.5) is 0 Å². The maximum atomic E-state index is 4.69. The highest BCUT2D eigenvalue weighted by Gasteiger charge is 2.14. The van der Waals surface area contributed by atoms with Crippen molar-refractivity contribution in [3.8, 4) is 11.4 Å². The first kappa shape index (κ1) is 17.1. The first-order valence-electron chi connectivity index (χ1n) is 8.21. The van der Waals surface area contributed by atoms with Crippen LogP contribution >= 0.6 is 23.1 Å². The van der Waals surface area contributed by atoms with Crippen molar-refractivity contribution < 1.29 is 0 Å². The first-order chi connectivity index (χ1) is 11.8. The van der Waals surface area contributed by atoms with Gasteiger partial charge in [0.05, 0.1) is 10.7 Å². The van der Waals surface area contributed by atoms with Crippen LogP contribution in [0.5, 0.6) is 0 Å². The van der Waals surface area contributed by atoms with E-state index in [9.17, 15) is 0 Å². The third-order valence-electron chi connectivity index (χ3n) is 3.51. The molecule has 0 N–H and O–H groups in total. The maximum Gasteiger partial charge on any atom is 0.191 e. The Hall–Kier alpha value is -1.73. The summed E-state index contributed by atoms with van der Waals surface area (Å²) < 4.78 is 2.19. The second-order valence-electron chi connectivity index (χ2n) is 5.46. The zero-order chi connectivity index (χ0) is 16.8. The van der Waals surface area contributed by atoms with Gasteiger partial charge in [-0.1, -0.05) is 25.6 Å². The highest BCUT2D eigenvalue weighted by molar-refractivity contribution is 7.98. The van der Waals surface area contributed by atoms with Gasteiger partial charge in [0.25, 0.3) is 0 Å². The molecule has 0 aliphatic heterocycles. The molecule has 3 aromatic rings. The lowest BCUT2D eigenvalue weighted by Crippen LogP contribution is -2.02. The molecule has 7 heteroatoms. The fraction of sp³-hybridized carbons (Fsp3) is 0.412. The normalized spacial score (nSPS) is 11.1. The van der Waals surface area contributed by atoms with Crippen molar-refractivity contribution in [1.82, 2.24) is 24.7 Å². The highest BCUT2D eigenvalue weighted by Crippen LogP contribution is 2.27. The molecule has 0 aliphatic rings. The van der Waals surface area contributed by atoms with Gasteiger partial charge in [0.2, 0.25) is 0 Å². The lowest BCUT2D eigenvalue weighted by molar-refractivity contribution is 0.626. The molecule has 0 fully saturated rings. The minimum atomic E-state index is 0.832. The molecule has 0 bridgehead atoms. The number of aryl methyl sites for hydroxylation is 1. The fourth-order valence-corrected chi connectivity index (χ4v) is 4.28. The Kier molecular flexibility index (Phi) is 5.98. The number of rotatable bonds is 8. The molecule has 5 nitrogen and oxygen atoms in total. The number of nitrogens with zero attached hydrogens (tertiary/aromatic N) is 5. The zero-order valence-electron chi connectivity index (χ0n) is 14.0. The summed E-state index contributed by atoms with van der Waals surface area (Å²) in [6.45, 7) is 5.26. The van der Waals surface area contributed by atoms with Crippen molar-refractivity contribution in [2.24, 2.45) is 0 Å². The van der Waals surface area contributed by atoms with Crippen LogP contribution in [0.15, 0.2) is 35.1 Å². The van der Waals surface area contributed by atoms with Gasteiger partial charge >= 0.3 is 0 Å². The van der Waals surface area contributed by atoms with Crippen LogP contribution in [0.1, 0.15) is 37.4 Å². The first-order valence-corrected chi connectivity index (χ1v) is 10.1. The standard InChI is InChI=1S/C17H21N5S2/c1-3-5-15-19-14(11-23-15)12-24-17-21-20-16(22(17)10-4-2)13-6-8-18-9-7-13/h6-9,11H,3-5,10,12H2,1-2H3. The summed E-state index contributed by atoms with van der Waals surface area (Å²) in [5.41, 5.74) is 2.18. The van der Waals surface area contributed by atoms with E-state index in [0.29, 0.717) is 0 Å². The van der Waals surface area contributed by atoms with Gasteiger partial charge in [-0.25, -0.2) is 4.98 Å². The Balaban J connectivity index is 1.76. The summed E-state index contributed by atoms with van der Waals surface area (Å²) in [7, 11) is 0. The number of aromatic nitrogens is 5. The lowest BCUT2D eigenvalue weighted by Gasteiger charge is -2.08. The van der Waals surface area contributed by atoms with Crippen LogP contribution in [-0.4, -0.2) is 24.7 Å². The van der Waals surface area contributed by atoms with Crippen LogP contribution < -0.4 is 0 Å². The van der Waals surface area contributed by atoms with Crippen molar-refractivity contribution >= 4 is 23.1 Å². The molecule has 0 unspecified atom stereocenters. The predicted molar refractivity (Wildman–Crippen MR) is 99.2 cm³/mol.